The predicted octanol–water partition coefficient (Wildman–Crippen LogP) is 3.44. The third-order valence-corrected chi connectivity index (χ3v) is 4.81. The Kier molecular flexibility index (Phi) is 5.39. The number of rotatable bonds is 5. The maximum atomic E-state index is 11.7. The molecule has 0 aliphatic carbocycles. The van der Waals surface area contributed by atoms with Gasteiger partial charge in [0, 0.05) is 25.2 Å². The molecule has 1 aliphatic rings. The van der Waals surface area contributed by atoms with Crippen molar-refractivity contribution in [2.45, 2.75) is 31.8 Å². The van der Waals surface area contributed by atoms with Gasteiger partial charge in [-0.05, 0) is 49.6 Å². The highest BCUT2D eigenvalue weighted by Gasteiger charge is 2.32. The van der Waals surface area contributed by atoms with Crippen LogP contribution in [0.3, 0.4) is 0 Å². The van der Waals surface area contributed by atoms with Crippen molar-refractivity contribution in [3.8, 4) is 0 Å². The Bertz CT molecular complexity index is 689. The molecule has 1 aliphatic heterocycles. The van der Waals surface area contributed by atoms with Gasteiger partial charge in [-0.2, -0.15) is 0 Å². The molecule has 0 unspecified atom stereocenters. The molecule has 0 aromatic heterocycles. The molecule has 1 fully saturated rings. The van der Waals surface area contributed by atoms with E-state index in [4.69, 9.17) is 4.74 Å². The van der Waals surface area contributed by atoms with Gasteiger partial charge < -0.3 is 14.7 Å². The van der Waals surface area contributed by atoms with Crippen LogP contribution in [0.1, 0.15) is 35.7 Å². The average molecular weight is 339 g/mol. The van der Waals surface area contributed by atoms with Gasteiger partial charge in [-0.25, -0.2) is 4.79 Å². The number of esters is 1. The van der Waals surface area contributed by atoms with Crippen molar-refractivity contribution in [2.24, 2.45) is 0 Å². The highest BCUT2D eigenvalue weighted by molar-refractivity contribution is 5.89. The summed E-state index contributed by atoms with van der Waals surface area (Å²) in [7, 11) is 0. The standard InChI is InChI=1S/C21H25NO3/c1-2-25-20(23)18-8-10-19(11-9-18)22-14-12-21(24,13-15-22)16-17-6-4-3-5-7-17/h3-11,24H,2,12-16H2,1H3. The second-order valence-corrected chi connectivity index (χ2v) is 6.64. The third-order valence-electron chi connectivity index (χ3n) is 4.81. The summed E-state index contributed by atoms with van der Waals surface area (Å²) in [5.41, 5.74) is 2.19. The number of carbonyl (C=O) groups is 1. The van der Waals surface area contributed by atoms with Gasteiger partial charge in [0.2, 0.25) is 0 Å². The van der Waals surface area contributed by atoms with Crippen LogP contribution in [0.15, 0.2) is 54.6 Å². The molecule has 3 rings (SSSR count). The van der Waals surface area contributed by atoms with E-state index in [0.717, 1.165) is 31.6 Å². The Morgan fingerprint density at radius 3 is 2.32 bits per heavy atom. The molecule has 0 radical (unpaired) electrons. The molecule has 0 amide bonds. The topological polar surface area (TPSA) is 49.8 Å². The van der Waals surface area contributed by atoms with Gasteiger partial charge in [-0.3, -0.25) is 0 Å². The van der Waals surface area contributed by atoms with Gasteiger partial charge in [0.05, 0.1) is 17.8 Å². The minimum atomic E-state index is -0.636. The van der Waals surface area contributed by atoms with E-state index in [1.807, 2.05) is 30.3 Å². The van der Waals surface area contributed by atoms with Crippen LogP contribution in [0.5, 0.6) is 0 Å². The zero-order valence-electron chi connectivity index (χ0n) is 14.6. The van der Waals surface area contributed by atoms with Crippen LogP contribution in [0, 0.1) is 0 Å². The number of anilines is 1. The van der Waals surface area contributed by atoms with E-state index in [-0.39, 0.29) is 5.97 Å². The monoisotopic (exact) mass is 339 g/mol. The average Bonchev–Trinajstić information content (AvgIpc) is 2.63. The minimum absolute atomic E-state index is 0.287. The number of ether oxygens (including phenoxy) is 1. The Labute approximate surface area is 149 Å². The van der Waals surface area contributed by atoms with E-state index in [1.165, 1.54) is 5.56 Å². The molecule has 0 saturated carbocycles. The lowest BCUT2D eigenvalue weighted by molar-refractivity contribution is 0.0165. The molecule has 0 atom stereocenters. The number of aliphatic hydroxyl groups is 1. The van der Waals surface area contributed by atoms with Gasteiger partial charge in [-0.15, -0.1) is 0 Å². The molecular formula is C21H25NO3. The number of carbonyl (C=O) groups excluding carboxylic acids is 1. The number of nitrogens with zero attached hydrogens (tertiary/aromatic N) is 1. The summed E-state index contributed by atoms with van der Waals surface area (Å²) in [6.45, 7) is 3.80. The van der Waals surface area contributed by atoms with Crippen molar-refractivity contribution in [3.63, 3.8) is 0 Å². The zero-order chi connectivity index (χ0) is 17.7. The van der Waals surface area contributed by atoms with Gasteiger partial charge in [0.1, 0.15) is 0 Å². The molecule has 25 heavy (non-hydrogen) atoms. The first-order valence-electron chi connectivity index (χ1n) is 8.88. The normalized spacial score (nSPS) is 16.5. The number of benzene rings is 2. The van der Waals surface area contributed by atoms with Crippen molar-refractivity contribution in [1.82, 2.24) is 0 Å². The summed E-state index contributed by atoms with van der Waals surface area (Å²) >= 11 is 0. The summed E-state index contributed by atoms with van der Waals surface area (Å²) in [6.07, 6.45) is 2.17. The van der Waals surface area contributed by atoms with Crippen molar-refractivity contribution in [3.05, 3.63) is 65.7 Å². The van der Waals surface area contributed by atoms with Gasteiger partial charge >= 0.3 is 5.97 Å². The summed E-state index contributed by atoms with van der Waals surface area (Å²) in [5, 5.41) is 10.9. The Morgan fingerprint density at radius 1 is 1.08 bits per heavy atom. The molecular weight excluding hydrogens is 314 g/mol. The largest absolute Gasteiger partial charge is 0.462 e. The maximum absolute atomic E-state index is 11.7. The van der Waals surface area contributed by atoms with Crippen molar-refractivity contribution in [1.29, 1.82) is 0 Å². The Morgan fingerprint density at radius 2 is 1.72 bits per heavy atom. The lowest BCUT2D eigenvalue weighted by Gasteiger charge is -2.39. The molecule has 0 spiro atoms. The highest BCUT2D eigenvalue weighted by atomic mass is 16.5. The molecule has 1 N–H and O–H groups in total. The van der Waals surface area contributed by atoms with Gasteiger partial charge in [0.15, 0.2) is 0 Å². The maximum Gasteiger partial charge on any atom is 0.338 e. The van der Waals surface area contributed by atoms with Crippen LogP contribution in [0.2, 0.25) is 0 Å². The molecule has 2 aromatic carbocycles. The lowest BCUT2D eigenvalue weighted by atomic mass is 9.85. The first-order chi connectivity index (χ1) is 12.1. The minimum Gasteiger partial charge on any atom is -0.462 e. The van der Waals surface area contributed by atoms with Crippen molar-refractivity contribution in [2.75, 3.05) is 24.6 Å². The zero-order valence-corrected chi connectivity index (χ0v) is 14.6. The second kappa shape index (κ2) is 7.70. The molecule has 1 saturated heterocycles. The van der Waals surface area contributed by atoms with E-state index in [1.54, 1.807) is 19.1 Å². The van der Waals surface area contributed by atoms with Gasteiger partial charge in [-0.1, -0.05) is 30.3 Å². The van der Waals surface area contributed by atoms with Crippen LogP contribution in [-0.2, 0) is 11.2 Å². The number of piperidine rings is 1. The first kappa shape index (κ1) is 17.5. The molecule has 4 heteroatoms. The summed E-state index contributed by atoms with van der Waals surface area (Å²) in [6, 6.07) is 17.7. The van der Waals surface area contributed by atoms with Crippen molar-refractivity contribution >= 4 is 11.7 Å². The van der Waals surface area contributed by atoms with Crippen LogP contribution in [-0.4, -0.2) is 36.4 Å². The van der Waals surface area contributed by atoms with Crippen molar-refractivity contribution < 1.29 is 14.6 Å². The van der Waals surface area contributed by atoms with Crippen LogP contribution >= 0.6 is 0 Å². The summed E-state index contributed by atoms with van der Waals surface area (Å²) < 4.78 is 5.01. The smallest absolute Gasteiger partial charge is 0.338 e. The van der Waals surface area contributed by atoms with Gasteiger partial charge in [0.25, 0.3) is 0 Å². The Hall–Kier alpha value is -2.33. The predicted molar refractivity (Wildman–Crippen MR) is 98.9 cm³/mol. The van der Waals surface area contributed by atoms with E-state index in [2.05, 4.69) is 17.0 Å². The molecule has 1 heterocycles. The summed E-state index contributed by atoms with van der Waals surface area (Å²) in [4.78, 5) is 14.0. The van der Waals surface area contributed by atoms with Crippen LogP contribution in [0.4, 0.5) is 5.69 Å². The second-order valence-electron chi connectivity index (χ2n) is 6.64. The summed E-state index contributed by atoms with van der Waals surface area (Å²) in [5.74, 6) is -0.287. The highest BCUT2D eigenvalue weighted by Crippen LogP contribution is 2.29. The lowest BCUT2D eigenvalue weighted by Crippen LogP contribution is -2.45. The molecule has 2 aromatic rings. The SMILES string of the molecule is CCOC(=O)c1ccc(N2CCC(O)(Cc3ccccc3)CC2)cc1. The molecule has 4 nitrogen and oxygen atoms in total. The molecule has 0 bridgehead atoms. The van der Waals surface area contributed by atoms with Crippen LogP contribution < -0.4 is 4.90 Å². The quantitative estimate of drug-likeness (QED) is 0.848. The van der Waals surface area contributed by atoms with E-state index in [0.29, 0.717) is 18.6 Å². The van der Waals surface area contributed by atoms with Crippen LogP contribution in [0.25, 0.3) is 0 Å². The Balaban J connectivity index is 1.59. The van der Waals surface area contributed by atoms with E-state index >= 15 is 0 Å². The fourth-order valence-corrected chi connectivity index (χ4v) is 3.36. The van der Waals surface area contributed by atoms with E-state index in [9.17, 15) is 9.90 Å². The number of hydrogen-bond donors (Lipinski definition) is 1. The fraction of sp³-hybridized carbons (Fsp3) is 0.381. The fourth-order valence-electron chi connectivity index (χ4n) is 3.36. The third kappa shape index (κ3) is 4.40. The number of hydrogen-bond acceptors (Lipinski definition) is 4. The first-order valence-corrected chi connectivity index (χ1v) is 8.88. The van der Waals surface area contributed by atoms with E-state index < -0.39 is 5.60 Å². The molecule has 132 valence electrons.